The van der Waals surface area contributed by atoms with Gasteiger partial charge in [0.25, 0.3) is 0 Å². The van der Waals surface area contributed by atoms with E-state index in [1.807, 2.05) is 42.0 Å². The molecule has 3 atom stereocenters. The highest BCUT2D eigenvalue weighted by Gasteiger charge is 2.51. The van der Waals surface area contributed by atoms with Gasteiger partial charge in [-0.3, -0.25) is 19.3 Å². The van der Waals surface area contributed by atoms with Crippen LogP contribution in [0.3, 0.4) is 0 Å². The van der Waals surface area contributed by atoms with Gasteiger partial charge >= 0.3 is 0 Å². The van der Waals surface area contributed by atoms with Crippen molar-refractivity contribution in [2.45, 2.75) is 38.1 Å². The molecule has 1 saturated carbocycles. The Morgan fingerprint density at radius 1 is 1.20 bits per heavy atom. The summed E-state index contributed by atoms with van der Waals surface area (Å²) in [5, 5.41) is 5.22. The number of aromatic nitrogens is 1. The van der Waals surface area contributed by atoms with E-state index in [9.17, 15) is 14.4 Å². The Bertz CT molecular complexity index is 907. The van der Waals surface area contributed by atoms with E-state index in [2.05, 4.69) is 10.3 Å². The number of nitrogens with one attached hydrogen (secondary N) is 1. The number of carbonyl (C=O) groups excluding carboxylic acids is 3. The van der Waals surface area contributed by atoms with Crippen LogP contribution in [-0.4, -0.2) is 45.7 Å². The predicted octanol–water partition coefficient (Wildman–Crippen LogP) is 4.05. The first kappa shape index (κ1) is 21.1. The molecule has 1 aliphatic carbocycles. The van der Waals surface area contributed by atoms with Crippen LogP contribution in [0.2, 0.25) is 0 Å². The van der Waals surface area contributed by atoms with Crippen molar-refractivity contribution in [2.75, 3.05) is 17.3 Å². The first-order valence-electron chi connectivity index (χ1n) is 10.3. The lowest BCUT2D eigenvalue weighted by Crippen LogP contribution is -2.48. The minimum atomic E-state index is -0.785. The standard InChI is InChI=1S/C22H25N3O3S2/c1-29-12-11-18(25-20(27)15-9-5-6-10-16(15)21(25)28)19(26)24-22-23-17(13-30-22)14-7-3-2-4-8-14/h2-4,7-8,13,15-16,18H,5-6,9-12H2,1H3,(H,23,24,26)/t15-,16+,18-/m0/s1. The third kappa shape index (κ3) is 4.16. The zero-order valence-corrected chi connectivity index (χ0v) is 18.5. The fraction of sp³-hybridized carbons (Fsp3) is 0.455. The zero-order valence-electron chi connectivity index (χ0n) is 16.9. The van der Waals surface area contributed by atoms with Crippen LogP contribution in [0, 0.1) is 11.8 Å². The summed E-state index contributed by atoms with van der Waals surface area (Å²) in [5.74, 6) is -0.485. The lowest BCUT2D eigenvalue weighted by molar-refractivity contribution is -0.146. The van der Waals surface area contributed by atoms with Gasteiger partial charge in [-0.1, -0.05) is 43.2 Å². The summed E-state index contributed by atoms with van der Waals surface area (Å²) < 4.78 is 0. The molecule has 2 fully saturated rings. The van der Waals surface area contributed by atoms with Gasteiger partial charge in [-0.2, -0.15) is 11.8 Å². The Balaban J connectivity index is 1.52. The smallest absolute Gasteiger partial charge is 0.249 e. The van der Waals surface area contributed by atoms with E-state index >= 15 is 0 Å². The lowest BCUT2D eigenvalue weighted by atomic mass is 9.81. The van der Waals surface area contributed by atoms with Crippen molar-refractivity contribution in [3.8, 4) is 11.3 Å². The molecule has 0 radical (unpaired) electrons. The van der Waals surface area contributed by atoms with E-state index < -0.39 is 6.04 Å². The van der Waals surface area contributed by atoms with E-state index in [0.717, 1.165) is 36.9 Å². The Kier molecular flexibility index (Phi) is 6.53. The molecule has 0 bridgehead atoms. The predicted molar refractivity (Wildman–Crippen MR) is 120 cm³/mol. The van der Waals surface area contributed by atoms with E-state index in [0.29, 0.717) is 17.3 Å². The Morgan fingerprint density at radius 2 is 1.87 bits per heavy atom. The normalized spacial score (nSPS) is 22.1. The number of imide groups is 1. The number of fused-ring (bicyclic) bond motifs is 1. The summed E-state index contributed by atoms with van der Waals surface area (Å²) in [6, 6.07) is 8.96. The molecule has 1 N–H and O–H groups in total. The largest absolute Gasteiger partial charge is 0.300 e. The van der Waals surface area contributed by atoms with Crippen molar-refractivity contribution in [3.63, 3.8) is 0 Å². The first-order valence-corrected chi connectivity index (χ1v) is 12.5. The van der Waals surface area contributed by atoms with Crippen molar-refractivity contribution in [1.82, 2.24) is 9.88 Å². The summed E-state index contributed by atoms with van der Waals surface area (Å²) in [6.07, 6.45) is 5.83. The van der Waals surface area contributed by atoms with Gasteiger partial charge in [0.1, 0.15) is 6.04 Å². The van der Waals surface area contributed by atoms with Gasteiger partial charge in [0.2, 0.25) is 17.7 Å². The molecule has 0 unspecified atom stereocenters. The maximum atomic E-state index is 13.1. The summed E-state index contributed by atoms with van der Waals surface area (Å²) in [7, 11) is 0. The molecule has 1 aliphatic heterocycles. The topological polar surface area (TPSA) is 79.4 Å². The van der Waals surface area contributed by atoms with Crippen molar-refractivity contribution < 1.29 is 14.4 Å². The van der Waals surface area contributed by atoms with Crippen LogP contribution in [0.15, 0.2) is 35.7 Å². The summed E-state index contributed by atoms with van der Waals surface area (Å²) >= 11 is 2.94. The lowest BCUT2D eigenvalue weighted by Gasteiger charge is -2.25. The van der Waals surface area contributed by atoms with Crippen LogP contribution in [0.25, 0.3) is 11.3 Å². The van der Waals surface area contributed by atoms with Crippen molar-refractivity contribution in [3.05, 3.63) is 35.7 Å². The Morgan fingerprint density at radius 3 is 2.50 bits per heavy atom. The number of amides is 3. The highest BCUT2D eigenvalue weighted by molar-refractivity contribution is 7.98. The minimum absolute atomic E-state index is 0.171. The van der Waals surface area contributed by atoms with Gasteiger partial charge in [0.15, 0.2) is 5.13 Å². The SMILES string of the molecule is CSCC[C@@H](C(=O)Nc1nc(-c2ccccc2)cs1)N1C(=O)[C@H]2CCCC[C@H]2C1=O. The third-order valence-electron chi connectivity index (χ3n) is 5.89. The Labute approximate surface area is 184 Å². The van der Waals surface area contributed by atoms with Crippen molar-refractivity contribution in [2.24, 2.45) is 11.8 Å². The van der Waals surface area contributed by atoms with Crippen molar-refractivity contribution >= 4 is 46.0 Å². The van der Waals surface area contributed by atoms with Crippen LogP contribution >= 0.6 is 23.1 Å². The molecule has 1 saturated heterocycles. The van der Waals surface area contributed by atoms with Crippen LogP contribution in [0.5, 0.6) is 0 Å². The molecule has 1 aromatic heterocycles. The van der Waals surface area contributed by atoms with Gasteiger partial charge in [0, 0.05) is 10.9 Å². The molecule has 2 aromatic rings. The molecular formula is C22H25N3O3S2. The second-order valence-corrected chi connectivity index (χ2v) is 9.58. The monoisotopic (exact) mass is 443 g/mol. The van der Waals surface area contributed by atoms with Crippen LogP contribution in [-0.2, 0) is 14.4 Å². The quantitative estimate of drug-likeness (QED) is 0.653. The zero-order chi connectivity index (χ0) is 21.1. The summed E-state index contributed by atoms with van der Waals surface area (Å²) in [5.41, 5.74) is 1.76. The third-order valence-corrected chi connectivity index (χ3v) is 7.29. The molecule has 30 heavy (non-hydrogen) atoms. The van der Waals surface area contributed by atoms with Gasteiger partial charge < -0.3 is 5.32 Å². The molecule has 2 heterocycles. The van der Waals surface area contributed by atoms with Gasteiger partial charge in [-0.05, 0) is 31.3 Å². The maximum absolute atomic E-state index is 13.1. The second-order valence-electron chi connectivity index (χ2n) is 7.73. The van der Waals surface area contributed by atoms with Crippen LogP contribution in [0.4, 0.5) is 5.13 Å². The number of nitrogens with zero attached hydrogens (tertiary/aromatic N) is 2. The number of hydrogen-bond donors (Lipinski definition) is 1. The number of benzene rings is 1. The van der Waals surface area contributed by atoms with Gasteiger partial charge in [-0.15, -0.1) is 11.3 Å². The number of thiazole rings is 1. The number of thioether (sulfide) groups is 1. The molecule has 0 spiro atoms. The maximum Gasteiger partial charge on any atom is 0.249 e. The molecule has 158 valence electrons. The first-order chi connectivity index (χ1) is 14.6. The molecule has 1 aromatic carbocycles. The van der Waals surface area contributed by atoms with Crippen LogP contribution in [0.1, 0.15) is 32.1 Å². The summed E-state index contributed by atoms with van der Waals surface area (Å²) in [4.78, 5) is 44.9. The average molecular weight is 444 g/mol. The highest BCUT2D eigenvalue weighted by Crippen LogP contribution is 2.39. The van der Waals surface area contributed by atoms with E-state index in [4.69, 9.17) is 0 Å². The van der Waals surface area contributed by atoms with Crippen molar-refractivity contribution in [1.29, 1.82) is 0 Å². The minimum Gasteiger partial charge on any atom is -0.300 e. The van der Waals surface area contributed by atoms with E-state index in [1.54, 1.807) is 11.8 Å². The summed E-state index contributed by atoms with van der Waals surface area (Å²) in [6.45, 7) is 0. The number of rotatable bonds is 7. The molecular weight excluding hydrogens is 418 g/mol. The number of hydrogen-bond acceptors (Lipinski definition) is 6. The fourth-order valence-corrected chi connectivity index (χ4v) is 5.54. The molecule has 2 aliphatic rings. The number of likely N-dealkylation sites (tertiary alicyclic amines) is 1. The van der Waals surface area contributed by atoms with Crippen LogP contribution < -0.4 is 5.32 Å². The highest BCUT2D eigenvalue weighted by atomic mass is 32.2. The van der Waals surface area contributed by atoms with E-state index in [-0.39, 0.29) is 29.6 Å². The second kappa shape index (κ2) is 9.31. The average Bonchev–Trinajstić information content (AvgIpc) is 3.33. The fourth-order valence-electron chi connectivity index (χ4n) is 4.36. The Hall–Kier alpha value is -2.19. The number of anilines is 1. The molecule has 4 rings (SSSR count). The van der Waals surface area contributed by atoms with Gasteiger partial charge in [0.05, 0.1) is 17.5 Å². The number of carbonyl (C=O) groups is 3. The molecule has 8 heteroatoms. The molecule has 3 amide bonds. The van der Waals surface area contributed by atoms with E-state index in [1.165, 1.54) is 16.2 Å². The molecule has 6 nitrogen and oxygen atoms in total. The van der Waals surface area contributed by atoms with Gasteiger partial charge in [-0.25, -0.2) is 4.98 Å².